The summed E-state index contributed by atoms with van der Waals surface area (Å²) in [5.74, 6) is 1.80. The van der Waals surface area contributed by atoms with Crippen LogP contribution in [0.25, 0.3) is 0 Å². The van der Waals surface area contributed by atoms with Crippen molar-refractivity contribution >= 4 is 17.4 Å². The molecule has 1 fully saturated rings. The molecule has 0 radical (unpaired) electrons. The summed E-state index contributed by atoms with van der Waals surface area (Å²) in [5.41, 5.74) is 6.19. The molecule has 144 valence electrons. The standard InChI is InChI=1S/C20H27N5O2/c21-9-16-27-18-6-4-17(5-7-18)23-20(26)8-11-24-12-14-25(15-13-24)19-3-1-2-10-22-19/h1-7,10H,8-9,11-16,21H2,(H,23,26). The zero-order valence-corrected chi connectivity index (χ0v) is 15.5. The molecule has 1 saturated heterocycles. The summed E-state index contributed by atoms with van der Waals surface area (Å²) < 4.78 is 5.43. The maximum atomic E-state index is 12.2. The number of carbonyl (C=O) groups excluding carboxylic acids is 1. The largest absolute Gasteiger partial charge is 0.492 e. The van der Waals surface area contributed by atoms with Crippen LogP contribution in [0, 0.1) is 0 Å². The lowest BCUT2D eigenvalue weighted by atomic mass is 10.2. The molecule has 0 bridgehead atoms. The Morgan fingerprint density at radius 1 is 1.11 bits per heavy atom. The highest BCUT2D eigenvalue weighted by Crippen LogP contribution is 2.16. The second-order valence-electron chi connectivity index (χ2n) is 6.48. The van der Waals surface area contributed by atoms with E-state index in [-0.39, 0.29) is 5.91 Å². The minimum absolute atomic E-state index is 0.0257. The number of carbonyl (C=O) groups is 1. The van der Waals surface area contributed by atoms with Crippen LogP contribution in [-0.2, 0) is 4.79 Å². The topological polar surface area (TPSA) is 83.7 Å². The number of hydrogen-bond donors (Lipinski definition) is 2. The van der Waals surface area contributed by atoms with Crippen molar-refractivity contribution in [2.24, 2.45) is 5.73 Å². The number of piperazine rings is 1. The minimum atomic E-state index is 0.0257. The summed E-state index contributed by atoms with van der Waals surface area (Å²) in [5, 5.41) is 2.93. The SMILES string of the molecule is NCCOc1ccc(NC(=O)CCN2CCN(c3ccccn3)CC2)cc1. The van der Waals surface area contributed by atoms with E-state index in [1.165, 1.54) is 0 Å². The summed E-state index contributed by atoms with van der Waals surface area (Å²) in [4.78, 5) is 21.2. The fourth-order valence-corrected chi connectivity index (χ4v) is 3.04. The van der Waals surface area contributed by atoms with Gasteiger partial charge in [0.1, 0.15) is 18.2 Å². The molecule has 27 heavy (non-hydrogen) atoms. The van der Waals surface area contributed by atoms with Crippen LogP contribution in [0.15, 0.2) is 48.7 Å². The van der Waals surface area contributed by atoms with Crippen molar-refractivity contribution < 1.29 is 9.53 Å². The van der Waals surface area contributed by atoms with Crippen LogP contribution >= 0.6 is 0 Å². The van der Waals surface area contributed by atoms with Crippen molar-refractivity contribution in [3.8, 4) is 5.75 Å². The number of nitrogens with zero attached hydrogens (tertiary/aromatic N) is 3. The van der Waals surface area contributed by atoms with Gasteiger partial charge in [-0.1, -0.05) is 6.07 Å². The van der Waals surface area contributed by atoms with Crippen molar-refractivity contribution in [3.63, 3.8) is 0 Å². The molecule has 1 aromatic heterocycles. The first kappa shape index (κ1) is 19.1. The van der Waals surface area contributed by atoms with Gasteiger partial charge < -0.3 is 20.7 Å². The van der Waals surface area contributed by atoms with Crippen LogP contribution < -0.4 is 20.7 Å². The van der Waals surface area contributed by atoms with Gasteiger partial charge >= 0.3 is 0 Å². The molecule has 1 aliphatic rings. The van der Waals surface area contributed by atoms with Gasteiger partial charge in [-0.3, -0.25) is 9.69 Å². The van der Waals surface area contributed by atoms with E-state index in [0.29, 0.717) is 19.6 Å². The van der Waals surface area contributed by atoms with E-state index in [9.17, 15) is 4.79 Å². The molecule has 7 nitrogen and oxygen atoms in total. The number of pyridine rings is 1. The number of nitrogens with two attached hydrogens (primary N) is 1. The average molecular weight is 369 g/mol. The molecule has 7 heteroatoms. The predicted molar refractivity (Wildman–Crippen MR) is 107 cm³/mol. The van der Waals surface area contributed by atoms with Gasteiger partial charge in [0.2, 0.25) is 5.91 Å². The lowest BCUT2D eigenvalue weighted by Gasteiger charge is -2.35. The zero-order chi connectivity index (χ0) is 18.9. The van der Waals surface area contributed by atoms with Crippen LogP contribution in [0.4, 0.5) is 11.5 Å². The van der Waals surface area contributed by atoms with Crippen molar-refractivity contribution in [1.82, 2.24) is 9.88 Å². The number of rotatable bonds is 8. The van der Waals surface area contributed by atoms with Crippen molar-refractivity contribution in [3.05, 3.63) is 48.7 Å². The van der Waals surface area contributed by atoms with E-state index < -0.39 is 0 Å². The van der Waals surface area contributed by atoms with Gasteiger partial charge in [0.15, 0.2) is 0 Å². The number of amides is 1. The quantitative estimate of drug-likeness (QED) is 0.735. The Labute approximate surface area is 160 Å². The molecule has 0 unspecified atom stereocenters. The van der Waals surface area contributed by atoms with Crippen molar-refractivity contribution in [1.29, 1.82) is 0 Å². The molecule has 3 N–H and O–H groups in total. The molecule has 1 aliphatic heterocycles. The Morgan fingerprint density at radius 3 is 2.56 bits per heavy atom. The lowest BCUT2D eigenvalue weighted by molar-refractivity contribution is -0.116. The third kappa shape index (κ3) is 5.94. The Morgan fingerprint density at radius 2 is 1.89 bits per heavy atom. The third-order valence-electron chi connectivity index (χ3n) is 4.53. The first-order valence-corrected chi connectivity index (χ1v) is 9.36. The number of anilines is 2. The van der Waals surface area contributed by atoms with E-state index in [1.54, 1.807) is 0 Å². The monoisotopic (exact) mass is 369 g/mol. The Kier molecular flexibility index (Phi) is 7.01. The summed E-state index contributed by atoms with van der Waals surface area (Å²) in [7, 11) is 0. The maximum Gasteiger partial charge on any atom is 0.225 e. The summed E-state index contributed by atoms with van der Waals surface area (Å²) in [6.45, 7) is 5.48. The number of ether oxygens (including phenoxy) is 1. The first-order chi connectivity index (χ1) is 13.2. The van der Waals surface area contributed by atoms with E-state index >= 15 is 0 Å². The van der Waals surface area contributed by atoms with Gasteiger partial charge in [-0.25, -0.2) is 4.98 Å². The van der Waals surface area contributed by atoms with Gasteiger partial charge in [-0.15, -0.1) is 0 Å². The third-order valence-corrected chi connectivity index (χ3v) is 4.53. The molecular weight excluding hydrogens is 342 g/mol. The highest BCUT2D eigenvalue weighted by Gasteiger charge is 2.18. The van der Waals surface area contributed by atoms with Gasteiger partial charge in [0.05, 0.1) is 0 Å². The molecule has 0 saturated carbocycles. The van der Waals surface area contributed by atoms with Crippen molar-refractivity contribution in [2.45, 2.75) is 6.42 Å². The highest BCUT2D eigenvalue weighted by atomic mass is 16.5. The van der Waals surface area contributed by atoms with E-state index in [0.717, 1.165) is 50.0 Å². The molecule has 0 spiro atoms. The molecule has 0 atom stereocenters. The number of hydrogen-bond acceptors (Lipinski definition) is 6. The normalized spacial score (nSPS) is 14.8. The maximum absolute atomic E-state index is 12.2. The van der Waals surface area contributed by atoms with Gasteiger partial charge in [0, 0.05) is 57.6 Å². The lowest BCUT2D eigenvalue weighted by Crippen LogP contribution is -2.47. The second-order valence-corrected chi connectivity index (χ2v) is 6.48. The highest BCUT2D eigenvalue weighted by molar-refractivity contribution is 5.90. The van der Waals surface area contributed by atoms with Gasteiger partial charge in [-0.2, -0.15) is 0 Å². The molecule has 0 aliphatic carbocycles. The molecule has 2 aromatic rings. The summed E-state index contributed by atoms with van der Waals surface area (Å²) >= 11 is 0. The smallest absolute Gasteiger partial charge is 0.225 e. The molecular formula is C20H27N5O2. The summed E-state index contributed by atoms with van der Waals surface area (Å²) in [6.07, 6.45) is 2.30. The Hall–Kier alpha value is -2.64. The van der Waals surface area contributed by atoms with Crippen LogP contribution in [-0.4, -0.2) is 61.7 Å². The van der Waals surface area contributed by atoms with Crippen LogP contribution in [0.2, 0.25) is 0 Å². The molecule has 1 aromatic carbocycles. The van der Waals surface area contributed by atoms with Crippen LogP contribution in [0.3, 0.4) is 0 Å². The molecule has 2 heterocycles. The number of nitrogens with one attached hydrogen (secondary N) is 1. The fourth-order valence-electron chi connectivity index (χ4n) is 3.04. The summed E-state index contributed by atoms with van der Waals surface area (Å²) in [6, 6.07) is 13.3. The zero-order valence-electron chi connectivity index (χ0n) is 15.5. The number of aromatic nitrogens is 1. The average Bonchev–Trinajstić information content (AvgIpc) is 2.73. The number of benzene rings is 1. The minimum Gasteiger partial charge on any atom is -0.492 e. The van der Waals surface area contributed by atoms with Crippen LogP contribution in [0.1, 0.15) is 6.42 Å². The predicted octanol–water partition coefficient (Wildman–Crippen LogP) is 1.57. The molecule has 3 rings (SSSR count). The first-order valence-electron chi connectivity index (χ1n) is 9.36. The second kappa shape index (κ2) is 9.89. The van der Waals surface area contributed by atoms with Gasteiger partial charge in [-0.05, 0) is 36.4 Å². The van der Waals surface area contributed by atoms with Crippen molar-refractivity contribution in [2.75, 3.05) is 56.1 Å². The Balaban J connectivity index is 1.37. The fraction of sp³-hybridized carbons (Fsp3) is 0.400. The van der Waals surface area contributed by atoms with E-state index in [1.807, 2.05) is 48.7 Å². The molecule has 1 amide bonds. The van der Waals surface area contributed by atoms with E-state index in [4.69, 9.17) is 10.5 Å². The van der Waals surface area contributed by atoms with E-state index in [2.05, 4.69) is 20.1 Å². The van der Waals surface area contributed by atoms with Crippen LogP contribution in [0.5, 0.6) is 5.75 Å². The van der Waals surface area contributed by atoms with Gasteiger partial charge in [0.25, 0.3) is 0 Å². The Bertz CT molecular complexity index is 700.